The molecule has 0 fully saturated rings. The Kier molecular flexibility index (Phi) is 3.06. The molecule has 0 amide bonds. The first-order chi connectivity index (χ1) is 9.33. The molecule has 19 heavy (non-hydrogen) atoms. The Labute approximate surface area is 113 Å². The van der Waals surface area contributed by atoms with Gasteiger partial charge in [0.25, 0.3) is 0 Å². The van der Waals surface area contributed by atoms with Crippen LogP contribution in [0.25, 0.3) is 11.3 Å². The zero-order valence-electron chi connectivity index (χ0n) is 10.3. The van der Waals surface area contributed by atoms with Gasteiger partial charge in [0.1, 0.15) is 7.85 Å². The summed E-state index contributed by atoms with van der Waals surface area (Å²) in [6.07, 6.45) is 1.78. The van der Waals surface area contributed by atoms with E-state index in [2.05, 4.69) is 15.5 Å². The lowest BCUT2D eigenvalue weighted by Crippen LogP contribution is -2.00. The summed E-state index contributed by atoms with van der Waals surface area (Å²) in [5.74, 6) is 0. The van der Waals surface area contributed by atoms with Gasteiger partial charge in [0, 0.05) is 11.3 Å². The number of aromatic nitrogens is 2. The van der Waals surface area contributed by atoms with Crippen LogP contribution < -0.4 is 10.8 Å². The van der Waals surface area contributed by atoms with Crippen molar-refractivity contribution in [3.63, 3.8) is 0 Å². The molecule has 1 aromatic heterocycles. The fraction of sp³-hybridized carbons (Fsp3) is 0. The van der Waals surface area contributed by atoms with E-state index in [9.17, 15) is 0 Å². The lowest BCUT2D eigenvalue weighted by atomic mass is 9.96. The van der Waals surface area contributed by atoms with Crippen LogP contribution >= 0.6 is 0 Å². The van der Waals surface area contributed by atoms with Crippen LogP contribution in [-0.2, 0) is 0 Å². The van der Waals surface area contributed by atoms with Crippen LogP contribution in [0.3, 0.4) is 0 Å². The molecule has 0 aliphatic carbocycles. The van der Waals surface area contributed by atoms with Gasteiger partial charge in [-0.25, -0.2) is 0 Å². The Hall–Kier alpha value is -2.49. The molecule has 0 aliphatic heterocycles. The number of nitrogens with one attached hydrogen (secondary N) is 2. The van der Waals surface area contributed by atoms with Crippen molar-refractivity contribution < 1.29 is 0 Å². The normalized spacial score (nSPS) is 10.3. The van der Waals surface area contributed by atoms with Crippen molar-refractivity contribution in [3.8, 4) is 11.3 Å². The van der Waals surface area contributed by atoms with E-state index in [0.717, 1.165) is 28.1 Å². The fourth-order valence-electron chi connectivity index (χ4n) is 1.93. The summed E-state index contributed by atoms with van der Waals surface area (Å²) in [4.78, 5) is 0. The minimum absolute atomic E-state index is 0.751. The van der Waals surface area contributed by atoms with Crippen LogP contribution in [0, 0.1) is 0 Å². The highest BCUT2D eigenvalue weighted by Gasteiger charge is 2.07. The first-order valence-corrected chi connectivity index (χ1v) is 6.04. The molecule has 2 aromatic carbocycles. The van der Waals surface area contributed by atoms with Crippen molar-refractivity contribution >= 4 is 24.7 Å². The topological polar surface area (TPSA) is 40.7 Å². The summed E-state index contributed by atoms with van der Waals surface area (Å²) in [6, 6.07) is 17.7. The Bertz CT molecular complexity index is 659. The maximum absolute atomic E-state index is 5.67. The zero-order chi connectivity index (χ0) is 13.1. The van der Waals surface area contributed by atoms with Gasteiger partial charge in [0.2, 0.25) is 0 Å². The summed E-state index contributed by atoms with van der Waals surface area (Å²) in [5.41, 5.74) is 4.74. The largest absolute Gasteiger partial charge is 0.352 e. The van der Waals surface area contributed by atoms with Crippen LogP contribution in [-0.4, -0.2) is 18.0 Å². The molecule has 2 radical (unpaired) electrons. The van der Waals surface area contributed by atoms with E-state index in [1.54, 1.807) is 6.20 Å². The molecule has 4 heteroatoms. The molecule has 0 saturated carbocycles. The second-order valence-electron chi connectivity index (χ2n) is 4.27. The summed E-state index contributed by atoms with van der Waals surface area (Å²) in [6.45, 7) is 0. The number of hydrogen-bond acceptors (Lipinski definition) is 2. The van der Waals surface area contributed by atoms with Gasteiger partial charge in [-0.3, -0.25) is 5.10 Å². The van der Waals surface area contributed by atoms with Gasteiger partial charge in [-0.2, -0.15) is 5.10 Å². The highest BCUT2D eigenvalue weighted by atomic mass is 15.1. The van der Waals surface area contributed by atoms with Gasteiger partial charge in [-0.1, -0.05) is 47.9 Å². The molecule has 0 aliphatic rings. The van der Waals surface area contributed by atoms with E-state index < -0.39 is 0 Å². The molecule has 0 unspecified atom stereocenters. The molecule has 2 N–H and O–H groups in total. The summed E-state index contributed by atoms with van der Waals surface area (Å²) < 4.78 is 0. The number of rotatable bonds is 3. The lowest BCUT2D eigenvalue weighted by Gasteiger charge is -2.07. The van der Waals surface area contributed by atoms with Gasteiger partial charge >= 0.3 is 0 Å². The average molecular weight is 245 g/mol. The first kappa shape index (κ1) is 11.6. The molecule has 3 aromatic rings. The van der Waals surface area contributed by atoms with E-state index >= 15 is 0 Å². The third-order valence-corrected chi connectivity index (χ3v) is 2.89. The van der Waals surface area contributed by atoms with E-state index in [-0.39, 0.29) is 0 Å². The van der Waals surface area contributed by atoms with E-state index in [1.165, 1.54) is 0 Å². The Morgan fingerprint density at radius 2 is 1.68 bits per heavy atom. The number of benzene rings is 2. The van der Waals surface area contributed by atoms with Crippen molar-refractivity contribution in [1.29, 1.82) is 0 Å². The Balaban J connectivity index is 1.91. The highest BCUT2D eigenvalue weighted by molar-refractivity contribution is 6.32. The quantitative estimate of drug-likeness (QED) is 0.696. The second-order valence-corrected chi connectivity index (χ2v) is 4.27. The van der Waals surface area contributed by atoms with E-state index in [4.69, 9.17) is 7.85 Å². The van der Waals surface area contributed by atoms with Gasteiger partial charge in [-0.05, 0) is 12.1 Å². The molecule has 0 atom stereocenters. The molecule has 3 nitrogen and oxygen atoms in total. The molecule has 1 heterocycles. The standard InChI is InChI=1S/C15H12BN3/c16-12-6-8-13(9-7-12)18-14-10-17-19-15(14)11-4-2-1-3-5-11/h1-10,18H,(H,17,19). The minimum atomic E-state index is 0.751. The molecule has 0 bridgehead atoms. The van der Waals surface area contributed by atoms with Gasteiger partial charge < -0.3 is 5.32 Å². The van der Waals surface area contributed by atoms with Crippen LogP contribution in [0.5, 0.6) is 0 Å². The van der Waals surface area contributed by atoms with Gasteiger partial charge in [0.15, 0.2) is 0 Å². The average Bonchev–Trinajstić information content (AvgIpc) is 2.90. The van der Waals surface area contributed by atoms with Crippen molar-refractivity contribution in [2.75, 3.05) is 5.32 Å². The highest BCUT2D eigenvalue weighted by Crippen LogP contribution is 2.27. The van der Waals surface area contributed by atoms with E-state index in [1.807, 2.05) is 54.6 Å². The predicted molar refractivity (Wildman–Crippen MR) is 79.1 cm³/mol. The Morgan fingerprint density at radius 3 is 2.42 bits per heavy atom. The molecular weight excluding hydrogens is 233 g/mol. The third kappa shape index (κ3) is 2.52. The van der Waals surface area contributed by atoms with Crippen molar-refractivity contribution in [2.24, 2.45) is 0 Å². The number of aromatic amines is 1. The molecule has 90 valence electrons. The molecular formula is C15H12BN3. The van der Waals surface area contributed by atoms with Crippen LogP contribution in [0.15, 0.2) is 60.8 Å². The number of nitrogens with zero attached hydrogens (tertiary/aromatic N) is 1. The number of H-pyrrole nitrogens is 1. The Morgan fingerprint density at radius 1 is 0.947 bits per heavy atom. The van der Waals surface area contributed by atoms with Crippen molar-refractivity contribution in [1.82, 2.24) is 10.2 Å². The molecule has 0 spiro atoms. The lowest BCUT2D eigenvalue weighted by molar-refractivity contribution is 1.10. The van der Waals surface area contributed by atoms with Crippen LogP contribution in [0.4, 0.5) is 11.4 Å². The smallest absolute Gasteiger partial charge is 0.113 e. The van der Waals surface area contributed by atoms with Crippen LogP contribution in [0.1, 0.15) is 0 Å². The third-order valence-electron chi connectivity index (χ3n) is 2.89. The zero-order valence-corrected chi connectivity index (χ0v) is 10.3. The fourth-order valence-corrected chi connectivity index (χ4v) is 1.93. The van der Waals surface area contributed by atoms with Crippen molar-refractivity contribution in [3.05, 3.63) is 60.8 Å². The number of hydrogen-bond donors (Lipinski definition) is 2. The van der Waals surface area contributed by atoms with Gasteiger partial charge in [0.05, 0.1) is 17.6 Å². The second kappa shape index (κ2) is 5.02. The predicted octanol–water partition coefficient (Wildman–Crippen LogP) is 2.61. The summed E-state index contributed by atoms with van der Waals surface area (Å²) in [5, 5.41) is 10.4. The maximum Gasteiger partial charge on any atom is 0.113 e. The van der Waals surface area contributed by atoms with Crippen molar-refractivity contribution in [2.45, 2.75) is 0 Å². The SMILES string of the molecule is [B]c1ccc(Nc2cn[nH]c2-c2ccccc2)cc1. The maximum atomic E-state index is 5.67. The van der Waals surface area contributed by atoms with Gasteiger partial charge in [-0.15, -0.1) is 0 Å². The molecule has 3 rings (SSSR count). The summed E-state index contributed by atoms with van der Waals surface area (Å²) >= 11 is 0. The van der Waals surface area contributed by atoms with Crippen LogP contribution in [0.2, 0.25) is 0 Å². The van der Waals surface area contributed by atoms with E-state index in [0.29, 0.717) is 0 Å². The summed E-state index contributed by atoms with van der Waals surface area (Å²) in [7, 11) is 5.67. The number of anilines is 2. The first-order valence-electron chi connectivity index (χ1n) is 6.04. The monoisotopic (exact) mass is 245 g/mol. The minimum Gasteiger partial charge on any atom is -0.352 e. The molecule has 0 saturated heterocycles.